The third-order valence-corrected chi connectivity index (χ3v) is 6.12. The van der Waals surface area contributed by atoms with Crippen LogP contribution in [0.2, 0.25) is 5.02 Å². The standard InChI is InChI=1S/C20H17ClN2O4S/c21-17-7-10-19(11-8-17)28(26,27)23(13-15-4-2-1-3-5-15)14-18-9-6-16(12-22-18)20(24)25/h1-12H,13-14H2,(H,24,25). The van der Waals surface area contributed by atoms with Crippen molar-refractivity contribution in [1.29, 1.82) is 0 Å². The van der Waals surface area contributed by atoms with Gasteiger partial charge in [-0.1, -0.05) is 41.9 Å². The van der Waals surface area contributed by atoms with Crippen molar-refractivity contribution >= 4 is 27.6 Å². The van der Waals surface area contributed by atoms with Gasteiger partial charge < -0.3 is 5.11 Å². The molecule has 0 saturated carbocycles. The number of sulfonamides is 1. The Morgan fingerprint density at radius 3 is 2.21 bits per heavy atom. The van der Waals surface area contributed by atoms with Crippen molar-refractivity contribution in [2.45, 2.75) is 18.0 Å². The van der Waals surface area contributed by atoms with Gasteiger partial charge in [-0.3, -0.25) is 4.98 Å². The van der Waals surface area contributed by atoms with Crippen LogP contribution in [0.5, 0.6) is 0 Å². The maximum Gasteiger partial charge on any atom is 0.337 e. The molecular formula is C20H17ClN2O4S. The first-order valence-corrected chi connectivity index (χ1v) is 10.2. The van der Waals surface area contributed by atoms with E-state index in [0.717, 1.165) is 5.56 Å². The van der Waals surface area contributed by atoms with Crippen LogP contribution in [-0.4, -0.2) is 28.8 Å². The van der Waals surface area contributed by atoms with Gasteiger partial charge in [0.05, 0.1) is 22.7 Å². The first-order valence-electron chi connectivity index (χ1n) is 8.34. The Kier molecular flexibility index (Phi) is 6.08. The summed E-state index contributed by atoms with van der Waals surface area (Å²) >= 11 is 5.87. The molecule has 0 saturated heterocycles. The molecule has 28 heavy (non-hydrogen) atoms. The number of rotatable bonds is 7. The van der Waals surface area contributed by atoms with Crippen LogP contribution in [0.4, 0.5) is 0 Å². The molecule has 1 N–H and O–H groups in total. The molecule has 3 aromatic rings. The monoisotopic (exact) mass is 416 g/mol. The molecule has 0 amide bonds. The van der Waals surface area contributed by atoms with Gasteiger partial charge in [0.25, 0.3) is 0 Å². The van der Waals surface area contributed by atoms with Gasteiger partial charge in [-0.15, -0.1) is 0 Å². The number of aromatic carboxylic acids is 1. The average molecular weight is 417 g/mol. The van der Waals surface area contributed by atoms with Crippen LogP contribution < -0.4 is 0 Å². The molecule has 144 valence electrons. The van der Waals surface area contributed by atoms with E-state index >= 15 is 0 Å². The number of nitrogens with zero attached hydrogens (tertiary/aromatic N) is 2. The Morgan fingerprint density at radius 2 is 1.64 bits per heavy atom. The Labute approximate surface area is 168 Å². The van der Waals surface area contributed by atoms with Crippen LogP contribution in [0.3, 0.4) is 0 Å². The van der Waals surface area contributed by atoms with Crippen LogP contribution in [0.15, 0.2) is 77.8 Å². The van der Waals surface area contributed by atoms with Gasteiger partial charge in [0.2, 0.25) is 10.0 Å². The second-order valence-corrected chi connectivity index (χ2v) is 8.43. The number of hydrogen-bond donors (Lipinski definition) is 1. The predicted molar refractivity (Wildman–Crippen MR) is 106 cm³/mol. The number of carboxylic acids is 1. The summed E-state index contributed by atoms with van der Waals surface area (Å²) in [6, 6.07) is 18.1. The van der Waals surface area contributed by atoms with Crippen LogP contribution in [0.25, 0.3) is 0 Å². The lowest BCUT2D eigenvalue weighted by Gasteiger charge is -2.22. The Bertz CT molecular complexity index is 1050. The molecule has 8 heteroatoms. The van der Waals surface area contributed by atoms with Crippen molar-refractivity contribution in [3.05, 3.63) is 94.8 Å². The topological polar surface area (TPSA) is 87.6 Å². The van der Waals surface area contributed by atoms with E-state index in [2.05, 4.69) is 4.98 Å². The molecule has 6 nitrogen and oxygen atoms in total. The molecule has 0 fully saturated rings. The summed E-state index contributed by atoms with van der Waals surface area (Å²) in [7, 11) is -3.82. The summed E-state index contributed by atoms with van der Waals surface area (Å²) in [5.74, 6) is -1.09. The lowest BCUT2D eigenvalue weighted by atomic mass is 10.2. The normalized spacial score (nSPS) is 11.5. The van der Waals surface area contributed by atoms with Gasteiger partial charge in [0.15, 0.2) is 0 Å². The zero-order valence-electron chi connectivity index (χ0n) is 14.7. The minimum absolute atomic E-state index is 0.000245. The molecule has 3 rings (SSSR count). The van der Waals surface area contributed by atoms with Crippen LogP contribution in [0, 0.1) is 0 Å². The van der Waals surface area contributed by atoms with E-state index in [9.17, 15) is 13.2 Å². The molecule has 0 unspecified atom stereocenters. The highest BCUT2D eigenvalue weighted by molar-refractivity contribution is 7.89. The number of hydrogen-bond acceptors (Lipinski definition) is 4. The van der Waals surface area contributed by atoms with Gasteiger partial charge in [0, 0.05) is 17.8 Å². The van der Waals surface area contributed by atoms with Gasteiger partial charge >= 0.3 is 5.97 Å². The molecule has 0 atom stereocenters. The van der Waals surface area contributed by atoms with Crippen LogP contribution in [0.1, 0.15) is 21.6 Å². The first kappa shape index (κ1) is 20.0. The molecule has 0 aliphatic carbocycles. The summed E-state index contributed by atoms with van der Waals surface area (Å²) in [6.45, 7) is 0.147. The number of halogens is 1. The Hall–Kier alpha value is -2.74. The van der Waals surface area contributed by atoms with Crippen molar-refractivity contribution in [3.8, 4) is 0 Å². The highest BCUT2D eigenvalue weighted by atomic mass is 35.5. The molecule has 0 spiro atoms. The van der Waals surface area contributed by atoms with Crippen molar-refractivity contribution in [2.75, 3.05) is 0 Å². The van der Waals surface area contributed by atoms with Crippen molar-refractivity contribution in [1.82, 2.24) is 9.29 Å². The Balaban J connectivity index is 1.94. The molecule has 2 aromatic carbocycles. The molecule has 0 bridgehead atoms. The summed E-state index contributed by atoms with van der Waals surface area (Å²) in [4.78, 5) is 15.2. The summed E-state index contributed by atoms with van der Waals surface area (Å²) in [6.07, 6.45) is 1.22. The minimum Gasteiger partial charge on any atom is -0.478 e. The maximum atomic E-state index is 13.2. The fraction of sp³-hybridized carbons (Fsp3) is 0.100. The number of aromatic nitrogens is 1. The van der Waals surface area contributed by atoms with E-state index in [-0.39, 0.29) is 23.5 Å². The van der Waals surface area contributed by atoms with Crippen molar-refractivity contribution in [3.63, 3.8) is 0 Å². The summed E-state index contributed by atoms with van der Waals surface area (Å²) in [5.41, 5.74) is 1.31. The lowest BCUT2D eigenvalue weighted by molar-refractivity contribution is 0.0696. The van der Waals surface area contributed by atoms with Crippen LogP contribution in [-0.2, 0) is 23.1 Å². The van der Waals surface area contributed by atoms with Gasteiger partial charge in [-0.2, -0.15) is 4.31 Å². The molecular weight excluding hydrogens is 400 g/mol. The van der Waals surface area contributed by atoms with E-state index in [1.165, 1.54) is 46.9 Å². The van der Waals surface area contributed by atoms with Gasteiger partial charge in [0.1, 0.15) is 0 Å². The average Bonchev–Trinajstić information content (AvgIpc) is 2.69. The lowest BCUT2D eigenvalue weighted by Crippen LogP contribution is -2.30. The van der Waals surface area contributed by atoms with Gasteiger partial charge in [-0.05, 0) is 42.0 Å². The second-order valence-electron chi connectivity index (χ2n) is 6.06. The SMILES string of the molecule is O=C(O)c1ccc(CN(Cc2ccccc2)S(=O)(=O)c2ccc(Cl)cc2)nc1. The number of carbonyl (C=O) groups is 1. The fourth-order valence-electron chi connectivity index (χ4n) is 2.59. The quantitative estimate of drug-likeness (QED) is 0.632. The summed E-state index contributed by atoms with van der Waals surface area (Å²) < 4.78 is 27.7. The number of pyridine rings is 1. The van der Waals surface area contributed by atoms with Crippen molar-refractivity contribution < 1.29 is 18.3 Å². The third-order valence-electron chi connectivity index (χ3n) is 4.06. The predicted octanol–water partition coefficient (Wildman–Crippen LogP) is 3.82. The zero-order valence-corrected chi connectivity index (χ0v) is 16.3. The molecule has 0 aliphatic rings. The smallest absolute Gasteiger partial charge is 0.337 e. The molecule has 0 radical (unpaired) electrons. The molecule has 1 heterocycles. The first-order chi connectivity index (χ1) is 13.4. The van der Waals surface area contributed by atoms with E-state index in [1.54, 1.807) is 0 Å². The highest BCUT2D eigenvalue weighted by Crippen LogP contribution is 2.22. The van der Waals surface area contributed by atoms with Gasteiger partial charge in [-0.25, -0.2) is 13.2 Å². The number of benzene rings is 2. The maximum absolute atomic E-state index is 13.2. The molecule has 0 aliphatic heterocycles. The second kappa shape index (κ2) is 8.52. The van der Waals surface area contributed by atoms with E-state index < -0.39 is 16.0 Å². The zero-order chi connectivity index (χ0) is 20.1. The minimum atomic E-state index is -3.82. The summed E-state index contributed by atoms with van der Waals surface area (Å²) in [5, 5.41) is 9.44. The van der Waals surface area contributed by atoms with E-state index in [0.29, 0.717) is 10.7 Å². The molecule has 1 aromatic heterocycles. The highest BCUT2D eigenvalue weighted by Gasteiger charge is 2.25. The number of carboxylic acid groups (broad SMARTS) is 1. The van der Waals surface area contributed by atoms with Crippen LogP contribution >= 0.6 is 11.6 Å². The van der Waals surface area contributed by atoms with E-state index in [1.807, 2.05) is 30.3 Å². The Morgan fingerprint density at radius 1 is 0.964 bits per heavy atom. The largest absolute Gasteiger partial charge is 0.478 e. The fourth-order valence-corrected chi connectivity index (χ4v) is 4.12. The third kappa shape index (κ3) is 4.75. The van der Waals surface area contributed by atoms with Crippen molar-refractivity contribution in [2.24, 2.45) is 0 Å². The van der Waals surface area contributed by atoms with E-state index in [4.69, 9.17) is 16.7 Å².